The quantitative estimate of drug-likeness (QED) is 0.168. The van der Waals surface area contributed by atoms with Gasteiger partial charge in [0, 0.05) is 0 Å². The lowest BCUT2D eigenvalue weighted by Gasteiger charge is -2.09. The number of unbranched alkanes of at least 4 members (excludes halogenated alkanes) is 7. The summed E-state index contributed by atoms with van der Waals surface area (Å²) in [6.45, 7) is 2.44. The Kier molecular flexibility index (Phi) is 11.2. The van der Waals surface area contributed by atoms with Crippen LogP contribution in [0.5, 0.6) is 0 Å². The zero-order chi connectivity index (χ0) is 20.8. The normalized spacial score (nSPS) is 11.7. The molecular formula is C22H29F3O3. The maximum absolute atomic E-state index is 12.9. The summed E-state index contributed by atoms with van der Waals surface area (Å²) in [6.07, 6.45) is 6.07. The molecule has 6 heteroatoms. The van der Waals surface area contributed by atoms with Gasteiger partial charge in [-0.2, -0.15) is 13.2 Å². The molecule has 0 fully saturated rings. The lowest BCUT2D eigenvalue weighted by atomic mass is 10.1. The van der Waals surface area contributed by atoms with Crippen molar-refractivity contribution in [3.63, 3.8) is 0 Å². The molecule has 1 aromatic rings. The minimum absolute atomic E-state index is 0.115. The Hall–Kier alpha value is -2.11. The standard InChI is InChI=1S/C22H29F3O3/c1-2-3-4-5-6-7-8-11-16-28-21(27)17-19(26)15-14-18-12-9-10-13-20(18)22(23,24)25/h9-10,12-15H,2-8,11,16-17H2,1H3. The fourth-order valence-corrected chi connectivity index (χ4v) is 2.76. The molecule has 0 N–H and O–H groups in total. The van der Waals surface area contributed by atoms with Crippen molar-refractivity contribution in [2.24, 2.45) is 0 Å². The summed E-state index contributed by atoms with van der Waals surface area (Å²) in [4.78, 5) is 23.4. The van der Waals surface area contributed by atoms with Gasteiger partial charge in [0.1, 0.15) is 6.42 Å². The van der Waals surface area contributed by atoms with Crippen LogP contribution in [0, 0.1) is 0 Å². The predicted molar refractivity (Wildman–Crippen MR) is 104 cm³/mol. The Balaban J connectivity index is 2.27. The van der Waals surface area contributed by atoms with E-state index in [1.165, 1.54) is 50.3 Å². The van der Waals surface area contributed by atoms with Crippen molar-refractivity contribution in [1.82, 2.24) is 0 Å². The molecule has 1 aromatic carbocycles. The molecule has 0 spiro atoms. The Morgan fingerprint density at radius 1 is 0.964 bits per heavy atom. The fraction of sp³-hybridized carbons (Fsp3) is 0.545. The second kappa shape index (κ2) is 13.1. The number of esters is 1. The molecule has 3 nitrogen and oxygen atoms in total. The lowest BCUT2D eigenvalue weighted by Crippen LogP contribution is -2.11. The number of hydrogen-bond acceptors (Lipinski definition) is 3. The van der Waals surface area contributed by atoms with Crippen molar-refractivity contribution in [3.8, 4) is 0 Å². The van der Waals surface area contributed by atoms with E-state index in [4.69, 9.17) is 4.74 Å². The van der Waals surface area contributed by atoms with E-state index < -0.39 is 29.9 Å². The number of benzene rings is 1. The molecule has 0 aromatic heterocycles. The molecule has 0 bridgehead atoms. The van der Waals surface area contributed by atoms with E-state index in [0.717, 1.165) is 37.5 Å². The van der Waals surface area contributed by atoms with Gasteiger partial charge < -0.3 is 4.74 Å². The molecule has 0 saturated heterocycles. The highest BCUT2D eigenvalue weighted by Gasteiger charge is 2.32. The molecule has 0 saturated carbocycles. The predicted octanol–water partition coefficient (Wildman–Crippen LogP) is 6.36. The van der Waals surface area contributed by atoms with Gasteiger partial charge in [0.2, 0.25) is 0 Å². The topological polar surface area (TPSA) is 43.4 Å². The van der Waals surface area contributed by atoms with Crippen molar-refractivity contribution in [2.75, 3.05) is 6.61 Å². The smallest absolute Gasteiger partial charge is 0.416 e. The summed E-state index contributed by atoms with van der Waals surface area (Å²) < 4.78 is 43.7. The highest BCUT2D eigenvalue weighted by Crippen LogP contribution is 2.32. The minimum Gasteiger partial charge on any atom is -0.465 e. The molecule has 28 heavy (non-hydrogen) atoms. The van der Waals surface area contributed by atoms with E-state index in [0.29, 0.717) is 0 Å². The Labute approximate surface area is 165 Å². The van der Waals surface area contributed by atoms with Crippen LogP contribution in [0.25, 0.3) is 6.08 Å². The van der Waals surface area contributed by atoms with E-state index in [1.807, 2.05) is 0 Å². The summed E-state index contributed by atoms with van der Waals surface area (Å²) in [5.74, 6) is -1.24. The maximum Gasteiger partial charge on any atom is 0.416 e. The van der Waals surface area contributed by atoms with Crippen LogP contribution in [0.1, 0.15) is 75.8 Å². The molecule has 0 aliphatic rings. The van der Waals surface area contributed by atoms with Crippen molar-refractivity contribution in [1.29, 1.82) is 0 Å². The molecule has 0 aliphatic heterocycles. The molecule has 0 aliphatic carbocycles. The maximum atomic E-state index is 12.9. The lowest BCUT2D eigenvalue weighted by molar-refractivity contribution is -0.145. The average Bonchev–Trinajstić information content (AvgIpc) is 2.64. The number of carbonyl (C=O) groups excluding carboxylic acids is 2. The van der Waals surface area contributed by atoms with E-state index in [-0.39, 0.29) is 12.2 Å². The van der Waals surface area contributed by atoms with Gasteiger partial charge in [-0.3, -0.25) is 9.59 Å². The number of ketones is 1. The first-order chi connectivity index (χ1) is 13.3. The summed E-state index contributed by atoms with van der Waals surface area (Å²) >= 11 is 0. The monoisotopic (exact) mass is 398 g/mol. The van der Waals surface area contributed by atoms with Gasteiger partial charge in [0.25, 0.3) is 0 Å². The number of alkyl halides is 3. The number of rotatable bonds is 13. The first kappa shape index (κ1) is 23.9. The number of halogens is 3. The SMILES string of the molecule is CCCCCCCCCCOC(=O)CC(=O)C=Cc1ccccc1C(F)(F)F. The molecule has 0 heterocycles. The first-order valence-electron chi connectivity index (χ1n) is 9.87. The first-order valence-corrected chi connectivity index (χ1v) is 9.87. The second-order valence-electron chi connectivity index (χ2n) is 6.76. The summed E-state index contributed by atoms with van der Waals surface area (Å²) in [5, 5.41) is 0. The van der Waals surface area contributed by atoms with Gasteiger partial charge in [-0.1, -0.05) is 76.1 Å². The van der Waals surface area contributed by atoms with E-state index >= 15 is 0 Å². The van der Waals surface area contributed by atoms with E-state index in [1.54, 1.807) is 0 Å². The van der Waals surface area contributed by atoms with Crippen molar-refractivity contribution >= 4 is 17.8 Å². The third-order valence-electron chi connectivity index (χ3n) is 4.29. The second-order valence-corrected chi connectivity index (χ2v) is 6.76. The third kappa shape index (κ3) is 10.3. The Morgan fingerprint density at radius 3 is 2.21 bits per heavy atom. The van der Waals surface area contributed by atoms with Crippen LogP contribution in [0.15, 0.2) is 30.3 Å². The molecule has 0 radical (unpaired) electrons. The zero-order valence-electron chi connectivity index (χ0n) is 16.4. The number of carbonyl (C=O) groups is 2. The van der Waals surface area contributed by atoms with Crippen LogP contribution in [-0.2, 0) is 20.5 Å². The molecule has 156 valence electrons. The summed E-state index contributed by atoms with van der Waals surface area (Å²) in [7, 11) is 0. The van der Waals surface area contributed by atoms with Crippen molar-refractivity contribution in [2.45, 2.75) is 70.9 Å². The molecule has 0 atom stereocenters. The van der Waals surface area contributed by atoms with Gasteiger partial charge in [-0.05, 0) is 24.1 Å². The van der Waals surface area contributed by atoms with Crippen molar-refractivity contribution in [3.05, 3.63) is 41.5 Å². The Bertz CT molecular complexity index is 636. The number of ether oxygens (including phenoxy) is 1. The van der Waals surface area contributed by atoms with Crippen molar-refractivity contribution < 1.29 is 27.5 Å². The molecule has 0 amide bonds. The largest absolute Gasteiger partial charge is 0.465 e. The summed E-state index contributed by atoms with van der Waals surface area (Å²) in [5.41, 5.74) is -0.938. The van der Waals surface area contributed by atoms with Gasteiger partial charge in [0.15, 0.2) is 5.78 Å². The van der Waals surface area contributed by atoms with Crippen LogP contribution >= 0.6 is 0 Å². The van der Waals surface area contributed by atoms with Gasteiger partial charge in [-0.15, -0.1) is 0 Å². The van der Waals surface area contributed by atoms with Crippen LogP contribution in [-0.4, -0.2) is 18.4 Å². The molecular weight excluding hydrogens is 369 g/mol. The molecule has 0 unspecified atom stereocenters. The summed E-state index contributed by atoms with van der Waals surface area (Å²) in [6, 6.07) is 4.96. The number of hydrogen-bond donors (Lipinski definition) is 0. The van der Waals surface area contributed by atoms with Crippen LogP contribution in [0.3, 0.4) is 0 Å². The van der Waals surface area contributed by atoms with E-state index in [2.05, 4.69) is 6.92 Å². The highest BCUT2D eigenvalue weighted by molar-refractivity contribution is 6.04. The van der Waals surface area contributed by atoms with Gasteiger partial charge >= 0.3 is 12.1 Å². The molecule has 1 rings (SSSR count). The average molecular weight is 398 g/mol. The fourth-order valence-electron chi connectivity index (χ4n) is 2.76. The Morgan fingerprint density at radius 2 is 1.57 bits per heavy atom. The van der Waals surface area contributed by atoms with Crippen LogP contribution in [0.2, 0.25) is 0 Å². The van der Waals surface area contributed by atoms with Gasteiger partial charge in [-0.25, -0.2) is 0 Å². The highest BCUT2D eigenvalue weighted by atomic mass is 19.4. The zero-order valence-corrected chi connectivity index (χ0v) is 16.4. The minimum atomic E-state index is -4.50. The van der Waals surface area contributed by atoms with E-state index in [9.17, 15) is 22.8 Å². The van der Waals surface area contributed by atoms with Crippen LogP contribution < -0.4 is 0 Å². The van der Waals surface area contributed by atoms with Crippen LogP contribution in [0.4, 0.5) is 13.2 Å². The number of allylic oxidation sites excluding steroid dienone is 1. The third-order valence-corrected chi connectivity index (χ3v) is 4.29. The van der Waals surface area contributed by atoms with Gasteiger partial charge in [0.05, 0.1) is 12.2 Å².